The molecule has 0 heterocycles. The number of hydrogen-bond acceptors (Lipinski definition) is 3. The predicted molar refractivity (Wildman–Crippen MR) is 97.9 cm³/mol. The SMILES string of the molecule is CN=C(NCCc1ccc(F)cc1)NCc1ccc(OC)c(OC(F)F)c1. The highest BCUT2D eigenvalue weighted by atomic mass is 19.3. The minimum Gasteiger partial charge on any atom is -0.493 e. The number of guanidine groups is 1. The third-order valence-corrected chi connectivity index (χ3v) is 3.75. The molecule has 0 fully saturated rings. The number of benzene rings is 2. The van der Waals surface area contributed by atoms with Crippen LogP contribution in [0.1, 0.15) is 11.1 Å². The number of ether oxygens (including phenoxy) is 2. The molecule has 0 aliphatic rings. The second-order valence-electron chi connectivity index (χ2n) is 5.59. The van der Waals surface area contributed by atoms with Crippen LogP contribution in [0.2, 0.25) is 0 Å². The van der Waals surface area contributed by atoms with Crippen molar-refractivity contribution in [1.82, 2.24) is 10.6 Å². The standard InChI is InChI=1S/C19H22F3N3O2/c1-23-19(24-10-9-13-3-6-15(20)7-4-13)25-12-14-5-8-16(26-2)17(11-14)27-18(21)22/h3-8,11,18H,9-10,12H2,1-2H3,(H2,23,24,25). The van der Waals surface area contributed by atoms with E-state index in [1.165, 1.54) is 25.3 Å². The number of hydrogen-bond donors (Lipinski definition) is 2. The number of rotatable bonds is 8. The fourth-order valence-electron chi connectivity index (χ4n) is 2.40. The van der Waals surface area contributed by atoms with Crippen molar-refractivity contribution in [2.45, 2.75) is 19.6 Å². The Morgan fingerprint density at radius 3 is 2.37 bits per heavy atom. The molecule has 0 radical (unpaired) electrons. The molecule has 0 amide bonds. The lowest BCUT2D eigenvalue weighted by Crippen LogP contribution is -2.37. The van der Waals surface area contributed by atoms with Gasteiger partial charge in [-0.2, -0.15) is 8.78 Å². The van der Waals surface area contributed by atoms with Crippen molar-refractivity contribution in [3.8, 4) is 11.5 Å². The van der Waals surface area contributed by atoms with Gasteiger partial charge in [0.1, 0.15) is 5.82 Å². The van der Waals surface area contributed by atoms with Gasteiger partial charge in [0.2, 0.25) is 0 Å². The number of halogens is 3. The van der Waals surface area contributed by atoms with Crippen molar-refractivity contribution in [3.63, 3.8) is 0 Å². The van der Waals surface area contributed by atoms with Crippen LogP contribution < -0.4 is 20.1 Å². The first-order valence-electron chi connectivity index (χ1n) is 8.32. The van der Waals surface area contributed by atoms with Gasteiger partial charge < -0.3 is 20.1 Å². The van der Waals surface area contributed by atoms with Crippen molar-refractivity contribution < 1.29 is 22.6 Å². The van der Waals surface area contributed by atoms with Crippen molar-refractivity contribution in [1.29, 1.82) is 0 Å². The van der Waals surface area contributed by atoms with E-state index in [1.54, 1.807) is 31.3 Å². The summed E-state index contributed by atoms with van der Waals surface area (Å²) in [6.07, 6.45) is 0.704. The third-order valence-electron chi connectivity index (χ3n) is 3.75. The summed E-state index contributed by atoms with van der Waals surface area (Å²) in [5.41, 5.74) is 1.73. The highest BCUT2D eigenvalue weighted by Gasteiger charge is 2.11. The lowest BCUT2D eigenvalue weighted by atomic mass is 10.1. The zero-order chi connectivity index (χ0) is 19.6. The number of methoxy groups -OCH3 is 1. The van der Waals surface area contributed by atoms with Crippen LogP contribution in [0, 0.1) is 5.82 Å². The molecule has 0 saturated carbocycles. The summed E-state index contributed by atoms with van der Waals surface area (Å²) in [7, 11) is 3.02. The summed E-state index contributed by atoms with van der Waals surface area (Å²) in [6, 6.07) is 11.1. The maximum absolute atomic E-state index is 12.9. The van der Waals surface area contributed by atoms with Gasteiger partial charge in [0.05, 0.1) is 7.11 Å². The van der Waals surface area contributed by atoms with Gasteiger partial charge in [0, 0.05) is 20.1 Å². The molecule has 27 heavy (non-hydrogen) atoms. The lowest BCUT2D eigenvalue weighted by Gasteiger charge is -2.14. The van der Waals surface area contributed by atoms with Crippen molar-refractivity contribution in [2.75, 3.05) is 20.7 Å². The highest BCUT2D eigenvalue weighted by molar-refractivity contribution is 5.79. The molecule has 2 aromatic carbocycles. The Hall–Kier alpha value is -2.90. The summed E-state index contributed by atoms with van der Waals surface area (Å²) in [4.78, 5) is 4.11. The molecule has 0 unspecified atom stereocenters. The second kappa shape index (κ2) is 10.3. The minimum absolute atomic E-state index is 0.0222. The lowest BCUT2D eigenvalue weighted by molar-refractivity contribution is -0.0512. The highest BCUT2D eigenvalue weighted by Crippen LogP contribution is 2.29. The van der Waals surface area contributed by atoms with E-state index in [2.05, 4.69) is 20.4 Å². The molecule has 0 bridgehead atoms. The maximum atomic E-state index is 12.9. The average molecular weight is 381 g/mol. The van der Waals surface area contributed by atoms with E-state index in [4.69, 9.17) is 4.74 Å². The fourth-order valence-corrected chi connectivity index (χ4v) is 2.40. The number of nitrogens with zero attached hydrogens (tertiary/aromatic N) is 1. The first-order chi connectivity index (χ1) is 13.0. The van der Waals surface area contributed by atoms with E-state index in [0.717, 1.165) is 11.1 Å². The first kappa shape index (κ1) is 20.4. The number of nitrogens with one attached hydrogen (secondary N) is 2. The molecule has 8 heteroatoms. The average Bonchev–Trinajstić information content (AvgIpc) is 2.65. The molecule has 2 N–H and O–H groups in total. The van der Waals surface area contributed by atoms with E-state index >= 15 is 0 Å². The smallest absolute Gasteiger partial charge is 0.387 e. The van der Waals surface area contributed by atoms with Gasteiger partial charge in [-0.1, -0.05) is 18.2 Å². The quantitative estimate of drug-likeness (QED) is 0.544. The van der Waals surface area contributed by atoms with Gasteiger partial charge in [-0.15, -0.1) is 0 Å². The first-order valence-corrected chi connectivity index (χ1v) is 8.32. The van der Waals surface area contributed by atoms with Crippen LogP contribution in [0.5, 0.6) is 11.5 Å². The summed E-state index contributed by atoms with van der Waals surface area (Å²) >= 11 is 0. The Morgan fingerprint density at radius 2 is 1.74 bits per heavy atom. The van der Waals surface area contributed by atoms with Crippen molar-refractivity contribution in [3.05, 3.63) is 59.4 Å². The number of alkyl halides is 2. The van der Waals surface area contributed by atoms with E-state index < -0.39 is 6.61 Å². The number of aliphatic imine (C=N–C) groups is 1. The second-order valence-corrected chi connectivity index (χ2v) is 5.59. The predicted octanol–water partition coefficient (Wildman–Crippen LogP) is 3.34. The zero-order valence-corrected chi connectivity index (χ0v) is 15.1. The Labute approximate surface area is 156 Å². The van der Waals surface area contributed by atoms with Gasteiger partial charge >= 0.3 is 6.61 Å². The molecule has 0 atom stereocenters. The molecule has 5 nitrogen and oxygen atoms in total. The van der Waals surface area contributed by atoms with Crippen LogP contribution >= 0.6 is 0 Å². The molecule has 0 aromatic heterocycles. The maximum Gasteiger partial charge on any atom is 0.387 e. The van der Waals surface area contributed by atoms with E-state index in [-0.39, 0.29) is 17.3 Å². The van der Waals surface area contributed by atoms with Crippen molar-refractivity contribution in [2.24, 2.45) is 4.99 Å². The molecule has 2 rings (SSSR count). The Kier molecular flexibility index (Phi) is 7.79. The molecular formula is C19H22F3N3O2. The fraction of sp³-hybridized carbons (Fsp3) is 0.316. The van der Waals surface area contributed by atoms with Gasteiger partial charge in [-0.05, 0) is 41.8 Å². The van der Waals surface area contributed by atoms with E-state index in [9.17, 15) is 13.2 Å². The van der Waals surface area contributed by atoms with Gasteiger partial charge in [0.15, 0.2) is 17.5 Å². The van der Waals surface area contributed by atoms with Gasteiger partial charge in [-0.25, -0.2) is 4.39 Å². The van der Waals surface area contributed by atoms with E-state index in [0.29, 0.717) is 25.5 Å². The Bertz CT molecular complexity index is 752. The Morgan fingerprint density at radius 1 is 1.04 bits per heavy atom. The Balaban J connectivity index is 1.87. The van der Waals surface area contributed by atoms with Crippen LogP contribution in [-0.4, -0.2) is 33.3 Å². The normalized spacial score (nSPS) is 11.4. The zero-order valence-electron chi connectivity index (χ0n) is 15.1. The summed E-state index contributed by atoms with van der Waals surface area (Å²) < 4.78 is 47.4. The van der Waals surface area contributed by atoms with Gasteiger partial charge in [0.25, 0.3) is 0 Å². The molecule has 0 aliphatic carbocycles. The van der Waals surface area contributed by atoms with Crippen LogP contribution in [-0.2, 0) is 13.0 Å². The minimum atomic E-state index is -2.93. The summed E-state index contributed by atoms with van der Waals surface area (Å²) in [6.45, 7) is -1.96. The van der Waals surface area contributed by atoms with Gasteiger partial charge in [-0.3, -0.25) is 4.99 Å². The summed E-state index contributed by atoms with van der Waals surface area (Å²) in [5, 5.41) is 6.24. The monoisotopic (exact) mass is 381 g/mol. The largest absolute Gasteiger partial charge is 0.493 e. The van der Waals surface area contributed by atoms with Crippen LogP contribution in [0.4, 0.5) is 13.2 Å². The van der Waals surface area contributed by atoms with E-state index in [1.807, 2.05) is 0 Å². The molecule has 0 spiro atoms. The molecule has 2 aromatic rings. The molecular weight excluding hydrogens is 359 g/mol. The topological polar surface area (TPSA) is 54.9 Å². The van der Waals surface area contributed by atoms with Crippen LogP contribution in [0.25, 0.3) is 0 Å². The van der Waals surface area contributed by atoms with Crippen LogP contribution in [0.3, 0.4) is 0 Å². The molecule has 146 valence electrons. The van der Waals surface area contributed by atoms with Crippen molar-refractivity contribution >= 4 is 5.96 Å². The molecule has 0 saturated heterocycles. The summed E-state index contributed by atoms with van der Waals surface area (Å²) in [5.74, 6) is 0.509. The third kappa shape index (κ3) is 6.73. The molecule has 0 aliphatic heterocycles. The van der Waals surface area contributed by atoms with Crippen LogP contribution in [0.15, 0.2) is 47.5 Å².